The summed E-state index contributed by atoms with van der Waals surface area (Å²) in [5.74, 6) is 2.07. The van der Waals surface area contributed by atoms with E-state index in [2.05, 4.69) is 33.6 Å². The van der Waals surface area contributed by atoms with Gasteiger partial charge in [0.25, 0.3) is 0 Å². The van der Waals surface area contributed by atoms with Crippen molar-refractivity contribution in [3.63, 3.8) is 0 Å². The Bertz CT molecular complexity index is 1230. The van der Waals surface area contributed by atoms with Crippen LogP contribution in [0, 0.1) is 11.7 Å². The maximum absolute atomic E-state index is 13.8. The molecule has 0 radical (unpaired) electrons. The van der Waals surface area contributed by atoms with Crippen LogP contribution in [0.2, 0.25) is 0 Å². The van der Waals surface area contributed by atoms with E-state index in [1.807, 2.05) is 18.3 Å². The van der Waals surface area contributed by atoms with Crippen LogP contribution < -0.4 is 5.56 Å². The molecule has 1 aromatic carbocycles. The molecule has 1 saturated carbocycles. The van der Waals surface area contributed by atoms with Crippen LogP contribution in [0.3, 0.4) is 0 Å². The maximum Gasteiger partial charge on any atom is 0.248 e. The topological polar surface area (TPSA) is 50.2 Å². The van der Waals surface area contributed by atoms with Gasteiger partial charge in [-0.2, -0.15) is 0 Å². The van der Waals surface area contributed by atoms with Crippen molar-refractivity contribution in [2.24, 2.45) is 5.92 Å². The molecule has 0 aliphatic heterocycles. The number of halogens is 1. The Balaban J connectivity index is 1.39. The second kappa shape index (κ2) is 7.14. The van der Waals surface area contributed by atoms with E-state index in [0.29, 0.717) is 23.3 Å². The molecule has 4 nitrogen and oxygen atoms in total. The van der Waals surface area contributed by atoms with E-state index in [1.165, 1.54) is 6.07 Å². The SMILES string of the molecule is C[C@@H](c1ncc2ccccn12)C1CCC(c2cc(=O)[nH]c3ccc(F)cc23)CC1. The molecular formula is C24H24FN3O. The van der Waals surface area contributed by atoms with Gasteiger partial charge in [-0.25, -0.2) is 9.37 Å². The Morgan fingerprint density at radius 3 is 2.79 bits per heavy atom. The van der Waals surface area contributed by atoms with Crippen LogP contribution in [0.15, 0.2) is 59.7 Å². The highest BCUT2D eigenvalue weighted by molar-refractivity contribution is 5.82. The van der Waals surface area contributed by atoms with E-state index in [4.69, 9.17) is 0 Å². The Morgan fingerprint density at radius 1 is 1.14 bits per heavy atom. The van der Waals surface area contributed by atoms with Crippen LogP contribution in [-0.4, -0.2) is 14.4 Å². The summed E-state index contributed by atoms with van der Waals surface area (Å²) >= 11 is 0. The minimum Gasteiger partial charge on any atom is -0.322 e. The smallest absolute Gasteiger partial charge is 0.248 e. The molecule has 0 saturated heterocycles. The molecule has 1 fully saturated rings. The van der Waals surface area contributed by atoms with Crippen molar-refractivity contribution in [3.8, 4) is 0 Å². The molecule has 4 aromatic rings. The van der Waals surface area contributed by atoms with Gasteiger partial charge in [0, 0.05) is 29.1 Å². The molecule has 29 heavy (non-hydrogen) atoms. The quantitative estimate of drug-likeness (QED) is 0.510. The Labute approximate surface area is 168 Å². The average molecular weight is 389 g/mol. The zero-order valence-electron chi connectivity index (χ0n) is 16.4. The fourth-order valence-electron chi connectivity index (χ4n) is 5.03. The molecule has 3 heterocycles. The lowest BCUT2D eigenvalue weighted by Crippen LogP contribution is -2.21. The monoisotopic (exact) mass is 389 g/mol. The van der Waals surface area contributed by atoms with Gasteiger partial charge >= 0.3 is 0 Å². The van der Waals surface area contributed by atoms with Gasteiger partial charge in [0.1, 0.15) is 11.6 Å². The Kier molecular flexibility index (Phi) is 4.46. The number of pyridine rings is 2. The van der Waals surface area contributed by atoms with Crippen LogP contribution >= 0.6 is 0 Å². The third-order valence-corrected chi connectivity index (χ3v) is 6.63. The number of fused-ring (bicyclic) bond motifs is 2. The van der Waals surface area contributed by atoms with E-state index < -0.39 is 0 Å². The first-order valence-electron chi connectivity index (χ1n) is 10.3. The molecule has 5 heteroatoms. The first kappa shape index (κ1) is 18.1. The minimum atomic E-state index is -0.265. The molecule has 1 aliphatic carbocycles. The van der Waals surface area contributed by atoms with E-state index in [-0.39, 0.29) is 11.4 Å². The molecular weight excluding hydrogens is 365 g/mol. The third-order valence-electron chi connectivity index (χ3n) is 6.63. The van der Waals surface area contributed by atoms with E-state index in [1.54, 1.807) is 18.2 Å². The number of nitrogens with zero attached hydrogens (tertiary/aromatic N) is 2. The summed E-state index contributed by atoms with van der Waals surface area (Å²) in [6.07, 6.45) is 8.19. The molecule has 1 N–H and O–H groups in total. The largest absolute Gasteiger partial charge is 0.322 e. The van der Waals surface area contributed by atoms with Crippen molar-refractivity contribution in [2.45, 2.75) is 44.4 Å². The molecule has 1 atom stereocenters. The summed E-state index contributed by atoms with van der Waals surface area (Å²) in [6.45, 7) is 2.27. The average Bonchev–Trinajstić information content (AvgIpc) is 3.17. The number of rotatable bonds is 3. The normalized spacial score (nSPS) is 20.9. The van der Waals surface area contributed by atoms with Crippen molar-refractivity contribution in [2.75, 3.05) is 0 Å². The number of hydrogen-bond acceptors (Lipinski definition) is 2. The summed E-state index contributed by atoms with van der Waals surface area (Å²) in [5, 5.41) is 0.834. The van der Waals surface area contributed by atoms with Gasteiger partial charge in [-0.1, -0.05) is 13.0 Å². The highest BCUT2D eigenvalue weighted by atomic mass is 19.1. The van der Waals surface area contributed by atoms with Gasteiger partial charge < -0.3 is 9.38 Å². The highest BCUT2D eigenvalue weighted by Crippen LogP contribution is 2.42. The lowest BCUT2D eigenvalue weighted by molar-refractivity contribution is 0.285. The van der Waals surface area contributed by atoms with Crippen molar-refractivity contribution in [3.05, 3.63) is 82.4 Å². The Morgan fingerprint density at radius 2 is 1.97 bits per heavy atom. The lowest BCUT2D eigenvalue weighted by atomic mass is 9.73. The molecule has 0 unspecified atom stereocenters. The van der Waals surface area contributed by atoms with Gasteiger partial charge in [0.05, 0.1) is 11.7 Å². The first-order valence-corrected chi connectivity index (χ1v) is 10.3. The number of nitrogens with one attached hydrogen (secondary N) is 1. The van der Waals surface area contributed by atoms with Crippen molar-refractivity contribution in [1.82, 2.24) is 14.4 Å². The summed E-state index contributed by atoms with van der Waals surface area (Å²) in [4.78, 5) is 19.6. The van der Waals surface area contributed by atoms with Crippen molar-refractivity contribution < 1.29 is 4.39 Å². The summed E-state index contributed by atoms with van der Waals surface area (Å²) in [7, 11) is 0. The molecule has 1 aliphatic rings. The van der Waals surface area contributed by atoms with Gasteiger partial charge in [-0.3, -0.25) is 4.79 Å². The third kappa shape index (κ3) is 3.24. The fourth-order valence-corrected chi connectivity index (χ4v) is 5.03. The lowest BCUT2D eigenvalue weighted by Gasteiger charge is -2.32. The molecule has 0 amide bonds. The summed E-state index contributed by atoms with van der Waals surface area (Å²) < 4.78 is 16.0. The number of H-pyrrole nitrogens is 1. The summed E-state index contributed by atoms with van der Waals surface area (Å²) in [6, 6.07) is 12.4. The minimum absolute atomic E-state index is 0.113. The van der Waals surface area contributed by atoms with E-state index in [9.17, 15) is 9.18 Å². The van der Waals surface area contributed by atoms with Crippen molar-refractivity contribution >= 4 is 16.4 Å². The van der Waals surface area contributed by atoms with Crippen LogP contribution in [0.5, 0.6) is 0 Å². The number of aromatic nitrogens is 3. The summed E-state index contributed by atoms with van der Waals surface area (Å²) in [5.41, 5.74) is 2.72. The number of benzene rings is 1. The predicted octanol–water partition coefficient (Wildman–Crippen LogP) is 5.39. The number of hydrogen-bond donors (Lipinski definition) is 1. The Hall–Kier alpha value is -2.95. The highest BCUT2D eigenvalue weighted by Gasteiger charge is 2.29. The van der Waals surface area contributed by atoms with Gasteiger partial charge in [-0.15, -0.1) is 0 Å². The zero-order chi connectivity index (χ0) is 20.0. The van der Waals surface area contributed by atoms with Gasteiger partial charge in [0.2, 0.25) is 5.56 Å². The molecule has 148 valence electrons. The van der Waals surface area contributed by atoms with Crippen molar-refractivity contribution in [1.29, 1.82) is 0 Å². The molecule has 0 spiro atoms. The molecule has 0 bridgehead atoms. The second-order valence-electron chi connectivity index (χ2n) is 8.29. The fraction of sp³-hybridized carbons (Fsp3) is 0.333. The maximum atomic E-state index is 13.8. The molecule has 5 rings (SSSR count). The predicted molar refractivity (Wildman–Crippen MR) is 113 cm³/mol. The standard InChI is InChI=1S/C24H24FN3O/c1-15(24-26-14-19-4-2-3-11-28(19)24)16-5-7-17(8-6-16)20-13-23(29)27-22-10-9-18(25)12-21(20)22/h2-4,9-17H,5-8H2,1H3,(H,27,29)/t15-,16?,17?/m1/s1. The molecule has 3 aromatic heterocycles. The van der Waals surface area contributed by atoms with E-state index >= 15 is 0 Å². The van der Waals surface area contributed by atoms with Crippen LogP contribution in [0.25, 0.3) is 16.4 Å². The first-order chi connectivity index (χ1) is 14.1. The number of aromatic amines is 1. The van der Waals surface area contributed by atoms with E-state index in [0.717, 1.165) is 48.0 Å². The van der Waals surface area contributed by atoms with Crippen LogP contribution in [0.1, 0.15) is 55.8 Å². The second-order valence-corrected chi connectivity index (χ2v) is 8.29. The van der Waals surface area contributed by atoms with Crippen LogP contribution in [-0.2, 0) is 0 Å². The number of imidazole rings is 1. The van der Waals surface area contributed by atoms with Gasteiger partial charge in [0.15, 0.2) is 0 Å². The zero-order valence-corrected chi connectivity index (χ0v) is 16.4. The van der Waals surface area contributed by atoms with Gasteiger partial charge in [-0.05, 0) is 73.4 Å². The van der Waals surface area contributed by atoms with Crippen LogP contribution in [0.4, 0.5) is 4.39 Å².